The molecule has 0 fully saturated rings. The van der Waals surface area contributed by atoms with Crippen molar-refractivity contribution >= 4 is 28.2 Å². The highest BCUT2D eigenvalue weighted by molar-refractivity contribution is 6.07. The van der Waals surface area contributed by atoms with Crippen LogP contribution >= 0.6 is 0 Å². The lowest BCUT2D eigenvalue weighted by atomic mass is 9.90. The monoisotopic (exact) mass is 389 g/mol. The summed E-state index contributed by atoms with van der Waals surface area (Å²) in [5.74, 6) is 0.874. The van der Waals surface area contributed by atoms with E-state index in [9.17, 15) is 4.79 Å². The van der Waals surface area contributed by atoms with Gasteiger partial charge < -0.3 is 20.8 Å². The summed E-state index contributed by atoms with van der Waals surface area (Å²) in [5, 5.41) is 8.24. The van der Waals surface area contributed by atoms with Gasteiger partial charge in [-0.15, -0.1) is 0 Å². The molecule has 1 aliphatic carbocycles. The summed E-state index contributed by atoms with van der Waals surface area (Å²) >= 11 is 0. The summed E-state index contributed by atoms with van der Waals surface area (Å²) in [5.41, 5.74) is 13.6. The number of rotatable bonds is 5. The fourth-order valence-corrected chi connectivity index (χ4v) is 3.55. The third-order valence-electron chi connectivity index (χ3n) is 4.94. The Morgan fingerprint density at radius 1 is 1.21 bits per heavy atom. The number of nitrogens with two attached hydrogens (primary N) is 1. The van der Waals surface area contributed by atoms with Gasteiger partial charge in [0.2, 0.25) is 0 Å². The number of aromatic amines is 1. The maximum atomic E-state index is 12.7. The Labute approximate surface area is 168 Å². The molecule has 5 N–H and O–H groups in total. The number of nitrogens with zero attached hydrogens (tertiary/aromatic N) is 1. The fourth-order valence-electron chi connectivity index (χ4n) is 3.55. The largest absolute Gasteiger partial charge is 0.497 e. The maximum Gasteiger partial charge on any atom is 0.272 e. The van der Waals surface area contributed by atoms with Gasteiger partial charge in [-0.2, -0.15) is 5.10 Å². The molecule has 3 aromatic rings. The average Bonchev–Trinajstić information content (AvgIpc) is 3.15. The number of ether oxygens (including phenoxy) is 1. The number of H-pyrrole nitrogens is 1. The second kappa shape index (κ2) is 7.71. The molecular formula is C22H23N5O2. The lowest BCUT2D eigenvalue weighted by Gasteiger charge is -2.19. The number of hydrogen-bond acceptors (Lipinski definition) is 5. The van der Waals surface area contributed by atoms with Crippen molar-refractivity contribution in [2.75, 3.05) is 12.4 Å². The van der Waals surface area contributed by atoms with E-state index in [1.54, 1.807) is 7.11 Å². The summed E-state index contributed by atoms with van der Waals surface area (Å²) in [6.07, 6.45) is 2.80. The summed E-state index contributed by atoms with van der Waals surface area (Å²) < 4.78 is 5.24. The highest BCUT2D eigenvalue weighted by atomic mass is 16.5. The summed E-state index contributed by atoms with van der Waals surface area (Å²) in [7, 11) is 1.62. The number of hydrazone groups is 1. The molecule has 1 aromatic heterocycles. The van der Waals surface area contributed by atoms with Crippen molar-refractivity contribution in [1.82, 2.24) is 10.4 Å². The van der Waals surface area contributed by atoms with Gasteiger partial charge in [0.15, 0.2) is 0 Å². The number of anilines is 1. The average molecular weight is 389 g/mol. The van der Waals surface area contributed by atoms with E-state index < -0.39 is 0 Å². The van der Waals surface area contributed by atoms with Crippen LogP contribution in [-0.4, -0.2) is 23.7 Å². The lowest BCUT2D eigenvalue weighted by molar-refractivity contribution is 0.102. The number of amides is 1. The van der Waals surface area contributed by atoms with E-state index in [0.717, 1.165) is 58.4 Å². The molecule has 1 aliphatic rings. The smallest absolute Gasteiger partial charge is 0.272 e. The van der Waals surface area contributed by atoms with Crippen LogP contribution in [0.4, 0.5) is 5.69 Å². The standard InChI is InChI=1S/C22H23N5O2/c1-13(23)26-27-20-5-3-4-14-10-16(6-8-18(14)20)24-22(28)21-12-15-11-17(29-2)7-9-19(15)25-21/h6-12,25-26H,1,3-5,23H2,2H3,(H,24,28)/b27-20-. The van der Waals surface area contributed by atoms with E-state index in [1.165, 1.54) is 0 Å². The van der Waals surface area contributed by atoms with Gasteiger partial charge in [0.25, 0.3) is 5.91 Å². The van der Waals surface area contributed by atoms with Crippen molar-refractivity contribution in [3.8, 4) is 5.75 Å². The van der Waals surface area contributed by atoms with E-state index in [2.05, 4.69) is 27.4 Å². The fraction of sp³-hybridized carbons (Fsp3) is 0.182. The Hall–Kier alpha value is -3.74. The third-order valence-corrected chi connectivity index (χ3v) is 4.94. The minimum Gasteiger partial charge on any atom is -0.497 e. The molecule has 1 heterocycles. The molecule has 4 rings (SSSR count). The van der Waals surface area contributed by atoms with Gasteiger partial charge in [-0.1, -0.05) is 12.6 Å². The van der Waals surface area contributed by atoms with Gasteiger partial charge in [0, 0.05) is 22.2 Å². The Kier molecular flexibility index (Phi) is 4.95. The predicted molar refractivity (Wildman–Crippen MR) is 115 cm³/mol. The Balaban J connectivity index is 1.55. The molecule has 0 radical (unpaired) electrons. The van der Waals surface area contributed by atoms with Crippen molar-refractivity contribution in [2.45, 2.75) is 19.3 Å². The maximum absolute atomic E-state index is 12.7. The molecule has 2 aromatic carbocycles. The van der Waals surface area contributed by atoms with Crippen LogP contribution in [0.1, 0.15) is 34.5 Å². The molecule has 0 bridgehead atoms. The van der Waals surface area contributed by atoms with Crippen molar-refractivity contribution in [3.05, 3.63) is 71.7 Å². The Morgan fingerprint density at radius 3 is 2.86 bits per heavy atom. The van der Waals surface area contributed by atoms with Crippen LogP contribution in [0.25, 0.3) is 10.9 Å². The molecule has 0 aliphatic heterocycles. The van der Waals surface area contributed by atoms with Gasteiger partial charge in [0.1, 0.15) is 17.3 Å². The number of methoxy groups -OCH3 is 1. The zero-order valence-electron chi connectivity index (χ0n) is 16.2. The number of carbonyl (C=O) groups excluding carboxylic acids is 1. The van der Waals surface area contributed by atoms with E-state index in [4.69, 9.17) is 10.5 Å². The lowest BCUT2D eigenvalue weighted by Crippen LogP contribution is -2.19. The first kappa shape index (κ1) is 18.6. The van der Waals surface area contributed by atoms with Crippen molar-refractivity contribution in [1.29, 1.82) is 0 Å². The van der Waals surface area contributed by atoms with E-state index in [1.807, 2.05) is 42.5 Å². The van der Waals surface area contributed by atoms with Crippen LogP contribution < -0.4 is 21.2 Å². The number of nitrogens with one attached hydrogen (secondary N) is 3. The summed E-state index contributed by atoms with van der Waals surface area (Å²) in [6.45, 7) is 3.60. The Bertz CT molecular complexity index is 1130. The Morgan fingerprint density at radius 2 is 2.07 bits per heavy atom. The predicted octanol–water partition coefficient (Wildman–Crippen LogP) is 3.49. The second-order valence-electron chi connectivity index (χ2n) is 7.01. The normalized spacial score (nSPS) is 14.4. The molecule has 0 unspecified atom stereocenters. The van der Waals surface area contributed by atoms with Crippen LogP contribution in [0.2, 0.25) is 0 Å². The molecule has 0 atom stereocenters. The minimum atomic E-state index is -0.189. The zero-order valence-corrected chi connectivity index (χ0v) is 16.2. The molecule has 29 heavy (non-hydrogen) atoms. The van der Waals surface area contributed by atoms with Crippen LogP contribution in [0.5, 0.6) is 5.75 Å². The van der Waals surface area contributed by atoms with Gasteiger partial charge in [-0.05, 0) is 61.2 Å². The third kappa shape index (κ3) is 3.94. The summed E-state index contributed by atoms with van der Waals surface area (Å²) in [4.78, 5) is 15.9. The number of benzene rings is 2. The number of aromatic nitrogens is 1. The number of fused-ring (bicyclic) bond motifs is 2. The molecule has 7 heteroatoms. The van der Waals surface area contributed by atoms with Gasteiger partial charge >= 0.3 is 0 Å². The highest BCUT2D eigenvalue weighted by Crippen LogP contribution is 2.26. The highest BCUT2D eigenvalue weighted by Gasteiger charge is 2.17. The first-order valence-corrected chi connectivity index (χ1v) is 9.42. The SMILES string of the molecule is C=C(N)N/N=C1/CCCc2cc(NC(=O)c3cc4cc(OC)ccc4[nH]3)ccc21. The van der Waals surface area contributed by atoms with Crippen LogP contribution in [0.3, 0.4) is 0 Å². The van der Waals surface area contributed by atoms with Gasteiger partial charge in [-0.25, -0.2) is 0 Å². The summed E-state index contributed by atoms with van der Waals surface area (Å²) in [6, 6.07) is 13.4. The van der Waals surface area contributed by atoms with E-state index in [-0.39, 0.29) is 5.91 Å². The van der Waals surface area contributed by atoms with Gasteiger partial charge in [-0.3, -0.25) is 10.2 Å². The van der Waals surface area contributed by atoms with Crippen molar-refractivity contribution in [3.63, 3.8) is 0 Å². The molecule has 0 saturated carbocycles. The quantitative estimate of drug-likeness (QED) is 0.501. The number of carbonyl (C=O) groups is 1. The van der Waals surface area contributed by atoms with E-state index in [0.29, 0.717) is 11.5 Å². The molecule has 1 amide bonds. The van der Waals surface area contributed by atoms with Gasteiger partial charge in [0.05, 0.1) is 12.8 Å². The van der Waals surface area contributed by atoms with Crippen LogP contribution in [-0.2, 0) is 6.42 Å². The number of hydrogen-bond donors (Lipinski definition) is 4. The van der Waals surface area contributed by atoms with E-state index >= 15 is 0 Å². The molecule has 0 saturated heterocycles. The second-order valence-corrected chi connectivity index (χ2v) is 7.01. The van der Waals surface area contributed by atoms with Crippen LogP contribution in [0, 0.1) is 0 Å². The molecular weight excluding hydrogens is 366 g/mol. The number of aryl methyl sites for hydroxylation is 1. The van der Waals surface area contributed by atoms with Crippen molar-refractivity contribution < 1.29 is 9.53 Å². The topological polar surface area (TPSA) is 105 Å². The molecule has 0 spiro atoms. The molecule has 148 valence electrons. The molecule has 7 nitrogen and oxygen atoms in total. The first-order chi connectivity index (χ1) is 14.0. The first-order valence-electron chi connectivity index (χ1n) is 9.42. The van der Waals surface area contributed by atoms with Crippen LogP contribution in [0.15, 0.2) is 60.0 Å². The minimum absolute atomic E-state index is 0.189. The van der Waals surface area contributed by atoms with Crippen molar-refractivity contribution in [2.24, 2.45) is 10.8 Å². The zero-order chi connectivity index (χ0) is 20.4.